The summed E-state index contributed by atoms with van der Waals surface area (Å²) in [5, 5.41) is 1.14. The minimum absolute atomic E-state index is 0.192. The Kier molecular flexibility index (Phi) is 8.83. The first-order valence-corrected chi connectivity index (χ1v) is 19.3. The Hall–Kier alpha value is -4.54. The highest BCUT2D eigenvalue weighted by atomic mass is 32.1. The number of fused-ring (bicyclic) bond motifs is 3. The molecule has 7 rings (SSSR count). The minimum atomic E-state index is -0.355. The molecule has 3 nitrogen and oxygen atoms in total. The summed E-state index contributed by atoms with van der Waals surface area (Å²) in [5.41, 5.74) is 13.7. The standard InChI is InChI=1S/C47H49NO2S/c1-26(2)32-17-13-18-33(27(3)4)42(32)30-21-22-41-39(23-30)47(9,10)40-25-31(24-38-44(49)36-15-11-12-16-37(36)45(38)50)51-46(40)48(41)43-34(28(5)6)19-14-20-35(43)29(7)8/h11-29H,1-10H3. The van der Waals surface area contributed by atoms with E-state index >= 15 is 0 Å². The molecule has 1 aliphatic carbocycles. The van der Waals surface area contributed by atoms with Crippen LogP contribution in [-0.4, -0.2) is 11.6 Å². The van der Waals surface area contributed by atoms with Crippen molar-refractivity contribution in [2.45, 2.75) is 98.3 Å². The van der Waals surface area contributed by atoms with Gasteiger partial charge in [0.05, 0.1) is 16.9 Å². The number of Topliss-reactive ketones (excluding diaryl/α,β-unsaturated/α-hetero) is 2. The molecular formula is C47H49NO2S. The molecule has 4 heteroatoms. The van der Waals surface area contributed by atoms with Gasteiger partial charge in [-0.25, -0.2) is 0 Å². The maximum Gasteiger partial charge on any atom is 0.197 e. The van der Waals surface area contributed by atoms with Crippen LogP contribution in [0.3, 0.4) is 0 Å². The molecule has 1 aliphatic heterocycles. The summed E-state index contributed by atoms with van der Waals surface area (Å²) in [4.78, 5) is 30.4. The fourth-order valence-electron chi connectivity index (χ4n) is 8.15. The van der Waals surface area contributed by atoms with E-state index in [1.165, 1.54) is 55.9 Å². The van der Waals surface area contributed by atoms with Gasteiger partial charge in [0, 0.05) is 21.4 Å². The van der Waals surface area contributed by atoms with E-state index in [4.69, 9.17) is 0 Å². The molecule has 0 saturated heterocycles. The lowest BCUT2D eigenvalue weighted by atomic mass is 9.73. The normalized spacial score (nSPS) is 14.9. The number of ketones is 2. The van der Waals surface area contributed by atoms with E-state index in [1.54, 1.807) is 23.5 Å². The van der Waals surface area contributed by atoms with E-state index in [0.29, 0.717) is 34.8 Å². The van der Waals surface area contributed by atoms with E-state index in [0.717, 1.165) is 9.88 Å². The molecule has 0 bridgehead atoms. The van der Waals surface area contributed by atoms with Gasteiger partial charge in [0.1, 0.15) is 5.00 Å². The van der Waals surface area contributed by atoms with E-state index in [9.17, 15) is 9.59 Å². The van der Waals surface area contributed by atoms with Gasteiger partial charge in [-0.1, -0.05) is 136 Å². The van der Waals surface area contributed by atoms with Gasteiger partial charge in [0.15, 0.2) is 11.6 Å². The van der Waals surface area contributed by atoms with Gasteiger partial charge in [-0.05, 0) is 92.5 Å². The molecule has 0 N–H and O–H groups in total. The van der Waals surface area contributed by atoms with Crippen molar-refractivity contribution in [1.29, 1.82) is 0 Å². The van der Waals surface area contributed by atoms with Crippen LogP contribution in [-0.2, 0) is 5.41 Å². The van der Waals surface area contributed by atoms with Gasteiger partial charge in [0.25, 0.3) is 0 Å². The molecule has 0 spiro atoms. The van der Waals surface area contributed by atoms with Crippen molar-refractivity contribution in [3.8, 4) is 11.1 Å². The average Bonchev–Trinajstić information content (AvgIpc) is 3.63. The molecule has 5 aromatic rings. The average molecular weight is 692 g/mol. The van der Waals surface area contributed by atoms with Crippen LogP contribution in [0.4, 0.5) is 16.4 Å². The third kappa shape index (κ3) is 5.63. The molecule has 0 atom stereocenters. The van der Waals surface area contributed by atoms with Gasteiger partial charge in [-0.2, -0.15) is 0 Å². The topological polar surface area (TPSA) is 37.4 Å². The number of anilines is 3. The van der Waals surface area contributed by atoms with Gasteiger partial charge in [-0.3, -0.25) is 9.59 Å². The summed E-state index contributed by atoms with van der Waals surface area (Å²) in [6.07, 6.45) is 1.84. The van der Waals surface area contributed by atoms with Crippen LogP contribution in [0.15, 0.2) is 90.5 Å². The predicted molar refractivity (Wildman–Crippen MR) is 216 cm³/mol. The second-order valence-corrected chi connectivity index (χ2v) is 17.1. The van der Waals surface area contributed by atoms with Crippen molar-refractivity contribution >= 4 is 45.4 Å². The van der Waals surface area contributed by atoms with Crippen molar-refractivity contribution in [1.82, 2.24) is 0 Å². The molecule has 0 saturated carbocycles. The van der Waals surface area contributed by atoms with Crippen molar-refractivity contribution in [3.63, 3.8) is 0 Å². The highest BCUT2D eigenvalue weighted by Crippen LogP contribution is 2.58. The van der Waals surface area contributed by atoms with Crippen LogP contribution in [0.1, 0.15) is 152 Å². The second kappa shape index (κ2) is 12.9. The minimum Gasteiger partial charge on any atom is -0.301 e. The highest BCUT2D eigenvalue weighted by molar-refractivity contribution is 7.17. The summed E-state index contributed by atoms with van der Waals surface area (Å²) < 4.78 is 0. The Balaban J connectivity index is 1.51. The summed E-state index contributed by atoms with van der Waals surface area (Å²) >= 11 is 1.67. The van der Waals surface area contributed by atoms with Crippen LogP contribution < -0.4 is 4.90 Å². The number of para-hydroxylation sites is 1. The molecule has 51 heavy (non-hydrogen) atoms. The Labute approximate surface area is 308 Å². The van der Waals surface area contributed by atoms with Gasteiger partial charge in [0.2, 0.25) is 0 Å². The zero-order chi connectivity index (χ0) is 36.5. The summed E-state index contributed by atoms with van der Waals surface area (Å²) in [6, 6.07) is 30.0. The van der Waals surface area contributed by atoms with Crippen molar-refractivity contribution in [2.75, 3.05) is 4.90 Å². The number of hydrogen-bond acceptors (Lipinski definition) is 4. The number of thiophene rings is 1. The third-order valence-corrected chi connectivity index (χ3v) is 12.0. The summed E-state index contributed by atoms with van der Waals surface area (Å²) in [5.74, 6) is 1.00. The summed E-state index contributed by atoms with van der Waals surface area (Å²) in [7, 11) is 0. The monoisotopic (exact) mass is 691 g/mol. The Morgan fingerprint density at radius 2 is 1.12 bits per heavy atom. The zero-order valence-electron chi connectivity index (χ0n) is 31.6. The molecule has 0 amide bonds. The Bertz CT molecular complexity index is 2150. The van der Waals surface area contributed by atoms with Crippen molar-refractivity contribution in [2.24, 2.45) is 0 Å². The molecule has 2 aliphatic rings. The van der Waals surface area contributed by atoms with Crippen LogP contribution in [0.25, 0.3) is 17.2 Å². The SMILES string of the molecule is CC(C)c1cccc(C(C)C)c1-c1ccc2c(c1)C(C)(C)c1cc(C=C3C(=O)c4ccccc4C3=O)sc1N2c1c(C(C)C)cccc1C(C)C. The molecular weight excluding hydrogens is 643 g/mol. The van der Waals surface area contributed by atoms with Crippen molar-refractivity contribution < 1.29 is 9.59 Å². The van der Waals surface area contributed by atoms with Crippen LogP contribution in [0, 0.1) is 0 Å². The first-order chi connectivity index (χ1) is 24.2. The largest absolute Gasteiger partial charge is 0.301 e. The van der Waals surface area contributed by atoms with E-state index in [-0.39, 0.29) is 22.6 Å². The second-order valence-electron chi connectivity index (χ2n) is 16.0. The number of rotatable bonds is 7. The van der Waals surface area contributed by atoms with Gasteiger partial charge >= 0.3 is 0 Å². The van der Waals surface area contributed by atoms with E-state index in [1.807, 2.05) is 18.2 Å². The molecule has 260 valence electrons. The smallest absolute Gasteiger partial charge is 0.197 e. The lowest BCUT2D eigenvalue weighted by Crippen LogP contribution is -2.30. The van der Waals surface area contributed by atoms with Gasteiger partial charge in [-0.15, -0.1) is 11.3 Å². The van der Waals surface area contributed by atoms with Crippen LogP contribution in [0.5, 0.6) is 0 Å². The number of carbonyl (C=O) groups excluding carboxylic acids is 2. The number of carbonyl (C=O) groups is 2. The summed E-state index contributed by atoms with van der Waals surface area (Å²) in [6.45, 7) is 22.9. The maximum absolute atomic E-state index is 13.5. The van der Waals surface area contributed by atoms with Crippen molar-refractivity contribution in [3.05, 3.63) is 140 Å². The third-order valence-electron chi connectivity index (χ3n) is 10.9. The molecule has 4 aromatic carbocycles. The van der Waals surface area contributed by atoms with Gasteiger partial charge < -0.3 is 4.90 Å². The zero-order valence-corrected chi connectivity index (χ0v) is 32.5. The van der Waals surface area contributed by atoms with E-state index < -0.39 is 0 Å². The first kappa shape index (κ1) is 34.9. The number of nitrogens with zero attached hydrogens (tertiary/aromatic N) is 1. The number of hydrogen-bond donors (Lipinski definition) is 0. The molecule has 2 heterocycles. The molecule has 0 unspecified atom stereocenters. The lowest BCUT2D eigenvalue weighted by molar-refractivity contribution is 0.0990. The number of allylic oxidation sites excluding steroid dienone is 1. The quantitative estimate of drug-likeness (QED) is 0.126. The maximum atomic E-state index is 13.5. The van der Waals surface area contributed by atoms with Crippen LogP contribution >= 0.6 is 11.3 Å². The number of benzene rings is 4. The van der Waals surface area contributed by atoms with Crippen LogP contribution in [0.2, 0.25) is 0 Å². The fraction of sp³-hybridized carbons (Fsp3) is 0.319. The predicted octanol–water partition coefficient (Wildman–Crippen LogP) is 13.5. The highest BCUT2D eigenvalue weighted by Gasteiger charge is 2.41. The molecule has 0 radical (unpaired) electrons. The Morgan fingerprint density at radius 1 is 0.608 bits per heavy atom. The molecule has 1 aromatic heterocycles. The lowest BCUT2D eigenvalue weighted by Gasteiger charge is -2.42. The first-order valence-electron chi connectivity index (χ1n) is 18.5. The molecule has 0 fully saturated rings. The van der Waals surface area contributed by atoms with E-state index in [2.05, 4.69) is 135 Å². The fourth-order valence-corrected chi connectivity index (χ4v) is 9.43. The Morgan fingerprint density at radius 3 is 1.63 bits per heavy atom.